The normalized spacial score (nSPS) is 17.2. The Bertz CT molecular complexity index is 828. The average molecular weight is 357 g/mol. The van der Waals surface area contributed by atoms with Gasteiger partial charge in [-0.2, -0.15) is 0 Å². The van der Waals surface area contributed by atoms with Gasteiger partial charge >= 0.3 is 0 Å². The van der Waals surface area contributed by atoms with Crippen LogP contribution in [0.25, 0.3) is 0 Å². The molecule has 1 atom stereocenters. The summed E-state index contributed by atoms with van der Waals surface area (Å²) in [5.74, 6) is -0.359. The van der Waals surface area contributed by atoms with Crippen molar-refractivity contribution >= 4 is 28.8 Å². The van der Waals surface area contributed by atoms with Gasteiger partial charge in [-0.05, 0) is 51.0 Å². The number of thiazole rings is 1. The van der Waals surface area contributed by atoms with Crippen LogP contribution in [0.2, 0.25) is 0 Å². The summed E-state index contributed by atoms with van der Waals surface area (Å²) in [6, 6.07) is 5.97. The standard InChI is InChI=1S/C19H23N3O2S/c1-11-5-6-16(7-12(11)2)22-10-15(8-18(22)23)19(24)20-9-17-13(3)21-14(4)25-17/h5-7,15H,8-10H2,1-4H3,(H,20,24). The van der Waals surface area contributed by atoms with E-state index < -0.39 is 0 Å². The lowest BCUT2D eigenvalue weighted by molar-refractivity contribution is -0.126. The van der Waals surface area contributed by atoms with E-state index in [4.69, 9.17) is 0 Å². The fraction of sp³-hybridized carbons (Fsp3) is 0.421. The third-order valence-corrected chi connectivity index (χ3v) is 5.79. The number of hydrogen-bond acceptors (Lipinski definition) is 4. The molecule has 3 rings (SSSR count). The maximum atomic E-state index is 12.5. The van der Waals surface area contributed by atoms with Crippen molar-refractivity contribution in [2.45, 2.75) is 40.7 Å². The van der Waals surface area contributed by atoms with Gasteiger partial charge in [0, 0.05) is 23.5 Å². The molecule has 0 radical (unpaired) electrons. The molecule has 1 aliphatic heterocycles. The Kier molecular flexibility index (Phi) is 4.90. The molecule has 2 heterocycles. The van der Waals surface area contributed by atoms with Crippen LogP contribution in [-0.4, -0.2) is 23.3 Å². The van der Waals surface area contributed by atoms with Crippen LogP contribution in [0.1, 0.15) is 33.1 Å². The number of aromatic nitrogens is 1. The Morgan fingerprint density at radius 3 is 2.68 bits per heavy atom. The van der Waals surface area contributed by atoms with E-state index in [9.17, 15) is 9.59 Å². The first-order valence-electron chi connectivity index (χ1n) is 8.43. The summed E-state index contributed by atoms with van der Waals surface area (Å²) in [6.45, 7) is 8.90. The number of nitrogens with one attached hydrogen (secondary N) is 1. The molecule has 0 aliphatic carbocycles. The molecular weight excluding hydrogens is 334 g/mol. The zero-order valence-corrected chi connectivity index (χ0v) is 15.9. The third-order valence-electron chi connectivity index (χ3n) is 4.72. The van der Waals surface area contributed by atoms with Crippen molar-refractivity contribution in [1.82, 2.24) is 10.3 Å². The van der Waals surface area contributed by atoms with E-state index in [1.54, 1.807) is 16.2 Å². The van der Waals surface area contributed by atoms with Crippen LogP contribution in [0, 0.1) is 33.6 Å². The summed E-state index contributed by atoms with van der Waals surface area (Å²) in [5.41, 5.74) is 4.17. The lowest BCUT2D eigenvalue weighted by atomic mass is 10.1. The minimum Gasteiger partial charge on any atom is -0.351 e. The number of nitrogens with zero attached hydrogens (tertiary/aromatic N) is 2. The minimum absolute atomic E-state index is 0.00761. The van der Waals surface area contributed by atoms with Crippen LogP contribution in [0.3, 0.4) is 0 Å². The SMILES string of the molecule is Cc1nc(C)c(CNC(=O)C2CC(=O)N(c3ccc(C)c(C)c3)C2)s1. The number of amides is 2. The molecule has 0 spiro atoms. The van der Waals surface area contributed by atoms with Crippen LogP contribution in [0.15, 0.2) is 18.2 Å². The number of aryl methyl sites for hydroxylation is 4. The van der Waals surface area contributed by atoms with Gasteiger partial charge in [0.25, 0.3) is 0 Å². The van der Waals surface area contributed by atoms with Crippen molar-refractivity contribution in [3.63, 3.8) is 0 Å². The fourth-order valence-electron chi connectivity index (χ4n) is 3.08. The van der Waals surface area contributed by atoms with Crippen molar-refractivity contribution in [2.24, 2.45) is 5.92 Å². The molecule has 0 bridgehead atoms. The number of anilines is 1. The highest BCUT2D eigenvalue weighted by Crippen LogP contribution is 2.27. The minimum atomic E-state index is -0.302. The van der Waals surface area contributed by atoms with Crippen LogP contribution < -0.4 is 10.2 Å². The number of carbonyl (C=O) groups is 2. The Hall–Kier alpha value is -2.21. The molecule has 1 N–H and O–H groups in total. The molecule has 1 aromatic heterocycles. The van der Waals surface area contributed by atoms with Gasteiger partial charge in [0.1, 0.15) is 0 Å². The smallest absolute Gasteiger partial charge is 0.227 e. The van der Waals surface area contributed by atoms with Gasteiger partial charge in [-0.15, -0.1) is 11.3 Å². The van der Waals surface area contributed by atoms with Gasteiger partial charge in [0.15, 0.2) is 0 Å². The van der Waals surface area contributed by atoms with Gasteiger partial charge in [-0.1, -0.05) is 6.07 Å². The van der Waals surface area contributed by atoms with Crippen LogP contribution in [-0.2, 0) is 16.1 Å². The maximum absolute atomic E-state index is 12.5. The second-order valence-corrected chi connectivity index (χ2v) is 7.92. The monoisotopic (exact) mass is 357 g/mol. The zero-order valence-electron chi connectivity index (χ0n) is 15.0. The van der Waals surface area contributed by atoms with Gasteiger partial charge in [-0.25, -0.2) is 4.98 Å². The van der Waals surface area contributed by atoms with Crippen molar-refractivity contribution in [1.29, 1.82) is 0 Å². The van der Waals surface area contributed by atoms with Crippen LogP contribution in [0.4, 0.5) is 5.69 Å². The number of rotatable bonds is 4. The molecular formula is C19H23N3O2S. The first kappa shape index (κ1) is 17.6. The molecule has 1 unspecified atom stereocenters. The average Bonchev–Trinajstić information content (AvgIpc) is 3.10. The second kappa shape index (κ2) is 6.96. The summed E-state index contributed by atoms with van der Waals surface area (Å²) in [5, 5.41) is 3.96. The Morgan fingerprint density at radius 1 is 1.28 bits per heavy atom. The Balaban J connectivity index is 1.64. The number of carbonyl (C=O) groups excluding carboxylic acids is 2. The fourth-order valence-corrected chi connectivity index (χ4v) is 3.95. The highest BCUT2D eigenvalue weighted by Gasteiger charge is 2.35. The first-order valence-corrected chi connectivity index (χ1v) is 9.25. The molecule has 1 aromatic carbocycles. The Labute approximate surface area is 152 Å². The first-order chi connectivity index (χ1) is 11.8. The molecule has 2 amide bonds. The van der Waals surface area contributed by atoms with Gasteiger partial charge in [-0.3, -0.25) is 9.59 Å². The quantitative estimate of drug-likeness (QED) is 0.915. The zero-order chi connectivity index (χ0) is 18.1. The van der Waals surface area contributed by atoms with Crippen LogP contribution >= 0.6 is 11.3 Å². The van der Waals surface area contributed by atoms with Crippen molar-refractivity contribution < 1.29 is 9.59 Å². The van der Waals surface area contributed by atoms with Crippen LogP contribution in [0.5, 0.6) is 0 Å². The molecule has 1 fully saturated rings. The van der Waals surface area contributed by atoms with E-state index in [1.165, 1.54) is 5.56 Å². The van der Waals surface area contributed by atoms with E-state index in [0.29, 0.717) is 13.1 Å². The molecule has 0 saturated carbocycles. The van der Waals surface area contributed by atoms with E-state index >= 15 is 0 Å². The molecule has 6 heteroatoms. The topological polar surface area (TPSA) is 62.3 Å². The predicted molar refractivity (Wildman–Crippen MR) is 99.8 cm³/mol. The highest BCUT2D eigenvalue weighted by molar-refractivity contribution is 7.11. The van der Waals surface area contributed by atoms with E-state index in [-0.39, 0.29) is 24.2 Å². The van der Waals surface area contributed by atoms with Crippen molar-refractivity contribution in [2.75, 3.05) is 11.4 Å². The lowest BCUT2D eigenvalue weighted by Gasteiger charge is -2.18. The molecule has 5 nitrogen and oxygen atoms in total. The summed E-state index contributed by atoms with van der Waals surface area (Å²) >= 11 is 1.60. The summed E-state index contributed by atoms with van der Waals surface area (Å²) in [6.07, 6.45) is 0.263. The number of hydrogen-bond donors (Lipinski definition) is 1. The van der Waals surface area contributed by atoms with E-state index in [0.717, 1.165) is 26.8 Å². The Morgan fingerprint density at radius 2 is 2.04 bits per heavy atom. The largest absolute Gasteiger partial charge is 0.351 e. The van der Waals surface area contributed by atoms with Gasteiger partial charge < -0.3 is 10.2 Å². The summed E-state index contributed by atoms with van der Waals surface area (Å²) in [4.78, 5) is 32.0. The molecule has 2 aromatic rings. The molecule has 1 saturated heterocycles. The number of benzene rings is 1. The predicted octanol–water partition coefficient (Wildman–Crippen LogP) is 3.05. The summed E-state index contributed by atoms with van der Waals surface area (Å²) in [7, 11) is 0. The van der Waals surface area contributed by atoms with E-state index in [2.05, 4.69) is 10.3 Å². The lowest BCUT2D eigenvalue weighted by Crippen LogP contribution is -2.32. The highest BCUT2D eigenvalue weighted by atomic mass is 32.1. The molecule has 25 heavy (non-hydrogen) atoms. The second-order valence-electron chi connectivity index (χ2n) is 6.63. The molecule has 1 aliphatic rings. The third kappa shape index (κ3) is 3.74. The summed E-state index contributed by atoms with van der Waals surface area (Å²) < 4.78 is 0. The van der Waals surface area contributed by atoms with Gasteiger partial charge in [0.05, 0.1) is 23.2 Å². The molecule has 132 valence electrons. The van der Waals surface area contributed by atoms with Gasteiger partial charge in [0.2, 0.25) is 11.8 Å². The van der Waals surface area contributed by atoms with Crippen molar-refractivity contribution in [3.8, 4) is 0 Å². The van der Waals surface area contributed by atoms with E-state index in [1.807, 2.05) is 45.9 Å². The maximum Gasteiger partial charge on any atom is 0.227 e. The van der Waals surface area contributed by atoms with Crippen molar-refractivity contribution in [3.05, 3.63) is 44.9 Å².